The molecule has 0 bridgehead atoms. The van der Waals surface area contributed by atoms with Gasteiger partial charge in [0.2, 0.25) is 0 Å². The van der Waals surface area contributed by atoms with Crippen molar-refractivity contribution < 1.29 is 22.5 Å². The van der Waals surface area contributed by atoms with Gasteiger partial charge in [0.25, 0.3) is 5.91 Å². The lowest BCUT2D eigenvalue weighted by molar-refractivity contribution is -0.140. The Morgan fingerprint density at radius 2 is 1.86 bits per heavy atom. The highest BCUT2D eigenvalue weighted by molar-refractivity contribution is 7.15. The first-order valence-corrected chi connectivity index (χ1v) is 12.0. The zero-order chi connectivity index (χ0) is 26.5. The van der Waals surface area contributed by atoms with Crippen LogP contribution in [0.3, 0.4) is 0 Å². The van der Waals surface area contributed by atoms with Gasteiger partial charge in [0.15, 0.2) is 5.69 Å². The molecule has 0 aliphatic heterocycles. The number of benzene rings is 1. The van der Waals surface area contributed by atoms with E-state index >= 15 is 0 Å². The summed E-state index contributed by atoms with van der Waals surface area (Å²) in [6, 6.07) is 10.2. The fourth-order valence-electron chi connectivity index (χ4n) is 4.12. The van der Waals surface area contributed by atoms with Crippen molar-refractivity contribution in [2.75, 3.05) is 5.32 Å². The standard InChI is InChI=1S/C25H21F3N6O2S/c1-12-9-16(33-36-12)11-34-14(3)21(23(32-34)25(26,27)28)31-24(35)18-10-20(22-13(2)29-15(4)37-22)30-19-8-6-5-7-17(18)19/h5-10H,11H2,1-4H3,(H,31,35). The molecule has 0 radical (unpaired) electrons. The number of rotatable bonds is 5. The number of carbonyl (C=O) groups is 1. The third-order valence-corrected chi connectivity index (χ3v) is 6.89. The Morgan fingerprint density at radius 1 is 1.11 bits per heavy atom. The van der Waals surface area contributed by atoms with Crippen LogP contribution in [0.2, 0.25) is 0 Å². The summed E-state index contributed by atoms with van der Waals surface area (Å²) >= 11 is 1.43. The van der Waals surface area contributed by atoms with Gasteiger partial charge in [-0.15, -0.1) is 11.3 Å². The van der Waals surface area contributed by atoms with E-state index in [4.69, 9.17) is 4.52 Å². The molecule has 4 heterocycles. The number of hydrogen-bond donors (Lipinski definition) is 1. The van der Waals surface area contributed by atoms with E-state index in [9.17, 15) is 18.0 Å². The number of nitrogens with zero attached hydrogens (tertiary/aromatic N) is 5. The van der Waals surface area contributed by atoms with Gasteiger partial charge in [0.05, 0.1) is 50.3 Å². The van der Waals surface area contributed by atoms with Gasteiger partial charge < -0.3 is 9.84 Å². The second kappa shape index (κ2) is 9.11. The second-order valence-corrected chi connectivity index (χ2v) is 9.77. The van der Waals surface area contributed by atoms with Crippen molar-refractivity contribution in [2.24, 2.45) is 0 Å². The molecular formula is C25H21F3N6O2S. The van der Waals surface area contributed by atoms with Crippen LogP contribution in [0.5, 0.6) is 0 Å². The largest absolute Gasteiger partial charge is 0.437 e. The van der Waals surface area contributed by atoms with Gasteiger partial charge in [-0.05, 0) is 39.8 Å². The number of aryl methyl sites for hydroxylation is 3. The Morgan fingerprint density at radius 3 is 2.51 bits per heavy atom. The van der Waals surface area contributed by atoms with Gasteiger partial charge in [-0.2, -0.15) is 18.3 Å². The van der Waals surface area contributed by atoms with E-state index in [-0.39, 0.29) is 17.8 Å². The zero-order valence-electron chi connectivity index (χ0n) is 20.3. The maximum atomic E-state index is 13.9. The molecule has 0 unspecified atom stereocenters. The van der Waals surface area contributed by atoms with Crippen LogP contribution in [0.25, 0.3) is 21.5 Å². The molecule has 37 heavy (non-hydrogen) atoms. The Labute approximate surface area is 213 Å². The Kier molecular flexibility index (Phi) is 6.06. The molecule has 0 spiro atoms. The summed E-state index contributed by atoms with van der Waals surface area (Å²) in [7, 11) is 0. The topological polar surface area (TPSA) is 98.7 Å². The monoisotopic (exact) mass is 526 g/mol. The van der Waals surface area contributed by atoms with Crippen LogP contribution in [0, 0.1) is 27.7 Å². The lowest BCUT2D eigenvalue weighted by atomic mass is 10.1. The van der Waals surface area contributed by atoms with E-state index in [1.165, 1.54) is 18.3 Å². The molecule has 8 nitrogen and oxygen atoms in total. The number of aromatic nitrogens is 5. The van der Waals surface area contributed by atoms with Gasteiger partial charge in [-0.1, -0.05) is 23.4 Å². The van der Waals surface area contributed by atoms with E-state index in [0.29, 0.717) is 28.1 Å². The Balaban J connectivity index is 1.58. The smallest absolute Gasteiger partial charge is 0.361 e. The first kappa shape index (κ1) is 24.6. The summed E-state index contributed by atoms with van der Waals surface area (Å²) < 4.78 is 48.0. The Bertz CT molecular complexity index is 1650. The number of fused-ring (bicyclic) bond motifs is 1. The lowest BCUT2D eigenvalue weighted by Crippen LogP contribution is -2.17. The number of nitrogens with one attached hydrogen (secondary N) is 1. The lowest BCUT2D eigenvalue weighted by Gasteiger charge is -2.12. The summed E-state index contributed by atoms with van der Waals surface area (Å²) in [6.45, 7) is 6.81. The predicted octanol–water partition coefficient (Wildman–Crippen LogP) is 6.10. The molecule has 12 heteroatoms. The maximum Gasteiger partial charge on any atom is 0.437 e. The number of amides is 1. The van der Waals surface area contributed by atoms with Gasteiger partial charge >= 0.3 is 6.18 Å². The van der Waals surface area contributed by atoms with E-state index in [2.05, 4.69) is 25.5 Å². The average Bonchev–Trinajstić information content (AvgIpc) is 3.50. The minimum Gasteiger partial charge on any atom is -0.361 e. The first-order valence-electron chi connectivity index (χ1n) is 11.2. The average molecular weight is 527 g/mol. The summed E-state index contributed by atoms with van der Waals surface area (Å²) in [5.74, 6) is -0.180. The fourth-order valence-corrected chi connectivity index (χ4v) is 5.00. The number of para-hydroxylation sites is 1. The van der Waals surface area contributed by atoms with Crippen LogP contribution >= 0.6 is 11.3 Å². The van der Waals surface area contributed by atoms with Crippen molar-refractivity contribution in [3.05, 3.63) is 75.5 Å². The summed E-state index contributed by atoms with van der Waals surface area (Å²) in [5.41, 5.74) is 0.964. The van der Waals surface area contributed by atoms with Crippen LogP contribution in [-0.2, 0) is 12.7 Å². The SMILES string of the molecule is Cc1cc(Cn2nc(C(F)(F)F)c(NC(=O)c3cc(-c4sc(C)nc4C)nc4ccccc34)c2C)no1. The zero-order valence-corrected chi connectivity index (χ0v) is 21.1. The number of pyridine rings is 1. The molecule has 1 N–H and O–H groups in total. The van der Waals surface area contributed by atoms with Crippen molar-refractivity contribution in [3.63, 3.8) is 0 Å². The molecule has 0 aliphatic rings. The summed E-state index contributed by atoms with van der Waals surface area (Å²) in [6.07, 6.45) is -4.79. The molecule has 0 saturated heterocycles. The van der Waals surface area contributed by atoms with Crippen LogP contribution < -0.4 is 5.32 Å². The first-order chi connectivity index (χ1) is 17.5. The number of thiazole rings is 1. The van der Waals surface area contributed by atoms with Crippen molar-refractivity contribution in [2.45, 2.75) is 40.4 Å². The third kappa shape index (κ3) is 4.71. The molecule has 1 aromatic carbocycles. The molecule has 4 aromatic heterocycles. The highest BCUT2D eigenvalue weighted by Gasteiger charge is 2.39. The number of hydrogen-bond acceptors (Lipinski definition) is 7. The third-order valence-electron chi connectivity index (χ3n) is 5.80. The quantitative estimate of drug-likeness (QED) is 0.297. The van der Waals surface area contributed by atoms with Crippen molar-refractivity contribution in [1.82, 2.24) is 24.9 Å². The Hall–Kier alpha value is -4.06. The number of alkyl halides is 3. The van der Waals surface area contributed by atoms with Gasteiger partial charge in [-0.3, -0.25) is 9.48 Å². The predicted molar refractivity (Wildman–Crippen MR) is 133 cm³/mol. The van der Waals surface area contributed by atoms with E-state index in [1.54, 1.807) is 43.3 Å². The van der Waals surface area contributed by atoms with E-state index in [1.807, 2.05) is 13.8 Å². The number of anilines is 1. The van der Waals surface area contributed by atoms with E-state index in [0.717, 1.165) is 20.3 Å². The molecule has 5 rings (SSSR count). The fraction of sp³-hybridized carbons (Fsp3) is 0.240. The van der Waals surface area contributed by atoms with Gasteiger partial charge in [0, 0.05) is 11.5 Å². The maximum absolute atomic E-state index is 13.9. The van der Waals surface area contributed by atoms with Gasteiger partial charge in [-0.25, -0.2) is 9.97 Å². The molecular weight excluding hydrogens is 505 g/mol. The van der Waals surface area contributed by atoms with Crippen LogP contribution in [0.4, 0.5) is 18.9 Å². The van der Waals surface area contributed by atoms with Crippen LogP contribution in [0.1, 0.15) is 43.9 Å². The molecule has 1 amide bonds. The van der Waals surface area contributed by atoms with E-state index < -0.39 is 23.5 Å². The number of halogens is 3. The van der Waals surface area contributed by atoms with Crippen LogP contribution in [-0.4, -0.2) is 30.8 Å². The minimum absolute atomic E-state index is 0.0472. The molecule has 190 valence electrons. The van der Waals surface area contributed by atoms with Gasteiger partial charge in [0.1, 0.15) is 11.5 Å². The molecule has 0 saturated carbocycles. The molecule has 5 aromatic rings. The normalized spacial score (nSPS) is 11.9. The highest BCUT2D eigenvalue weighted by atomic mass is 32.1. The van der Waals surface area contributed by atoms with Crippen molar-refractivity contribution in [3.8, 4) is 10.6 Å². The molecule has 0 atom stereocenters. The van der Waals surface area contributed by atoms with Crippen molar-refractivity contribution >= 4 is 33.8 Å². The highest BCUT2D eigenvalue weighted by Crippen LogP contribution is 2.37. The minimum atomic E-state index is -4.79. The van der Waals surface area contributed by atoms with Crippen molar-refractivity contribution in [1.29, 1.82) is 0 Å². The summed E-state index contributed by atoms with van der Waals surface area (Å²) in [4.78, 5) is 23.4. The molecule has 0 aliphatic carbocycles. The molecule has 0 fully saturated rings. The number of carbonyl (C=O) groups excluding carboxylic acids is 1. The van der Waals surface area contributed by atoms with Crippen LogP contribution in [0.15, 0.2) is 40.9 Å². The second-order valence-electron chi connectivity index (χ2n) is 8.57. The summed E-state index contributed by atoms with van der Waals surface area (Å²) in [5, 5.41) is 11.4.